The smallest absolute Gasteiger partial charge is 0.342 e. The van der Waals surface area contributed by atoms with Crippen LogP contribution in [0.3, 0.4) is 0 Å². The molecular weight excluding hydrogens is 369 g/mol. The van der Waals surface area contributed by atoms with Gasteiger partial charge in [-0.1, -0.05) is 11.6 Å². The first kappa shape index (κ1) is 19.0. The molecule has 1 atom stereocenters. The molecule has 0 saturated carbocycles. The number of halogens is 4. The molecule has 8 heteroatoms. The van der Waals surface area contributed by atoms with Crippen LogP contribution in [0.1, 0.15) is 42.1 Å². The summed E-state index contributed by atoms with van der Waals surface area (Å²) in [5, 5.41) is -0.420. The van der Waals surface area contributed by atoms with Crippen LogP contribution >= 0.6 is 11.6 Å². The van der Waals surface area contributed by atoms with E-state index in [-0.39, 0.29) is 16.9 Å². The fourth-order valence-electron chi connectivity index (χ4n) is 3.98. The number of hydrogen-bond donors (Lipinski definition) is 0. The largest absolute Gasteiger partial charge is 0.417 e. The van der Waals surface area contributed by atoms with E-state index in [1.165, 1.54) is 13.0 Å². The maximum atomic E-state index is 13.0. The number of carbonyl (C=O) groups excluding carboxylic acids is 2. The van der Waals surface area contributed by atoms with Crippen molar-refractivity contribution in [2.45, 2.75) is 32.4 Å². The highest BCUT2D eigenvalue weighted by Gasteiger charge is 2.43. The minimum absolute atomic E-state index is 0.0152. The summed E-state index contributed by atoms with van der Waals surface area (Å²) in [4.78, 5) is 27.8. The quantitative estimate of drug-likeness (QED) is 0.733. The average molecular weight is 389 g/mol. The third-order valence-electron chi connectivity index (χ3n) is 5.35. The van der Waals surface area contributed by atoms with E-state index < -0.39 is 22.7 Å². The molecule has 4 nitrogen and oxygen atoms in total. The zero-order chi connectivity index (χ0) is 19.1. The summed E-state index contributed by atoms with van der Waals surface area (Å²) in [5.74, 6) is -0.412. The minimum atomic E-state index is -4.61. The Morgan fingerprint density at radius 2 is 1.81 bits per heavy atom. The maximum Gasteiger partial charge on any atom is 0.417 e. The lowest BCUT2D eigenvalue weighted by molar-refractivity contribution is -0.137. The Bertz CT molecular complexity index is 738. The van der Waals surface area contributed by atoms with Crippen LogP contribution in [0.15, 0.2) is 18.2 Å². The highest BCUT2D eigenvalue weighted by Crippen LogP contribution is 2.40. The first-order valence-corrected chi connectivity index (χ1v) is 8.91. The highest BCUT2D eigenvalue weighted by atomic mass is 35.5. The molecule has 26 heavy (non-hydrogen) atoms. The van der Waals surface area contributed by atoms with E-state index in [2.05, 4.69) is 0 Å². The first-order valence-electron chi connectivity index (χ1n) is 8.53. The van der Waals surface area contributed by atoms with Crippen molar-refractivity contribution in [3.63, 3.8) is 0 Å². The van der Waals surface area contributed by atoms with Gasteiger partial charge in [-0.3, -0.25) is 9.59 Å². The Balaban J connectivity index is 1.77. The lowest BCUT2D eigenvalue weighted by Gasteiger charge is -2.40. The van der Waals surface area contributed by atoms with Gasteiger partial charge in [-0.15, -0.1) is 0 Å². The molecule has 1 spiro atoms. The summed E-state index contributed by atoms with van der Waals surface area (Å²) in [5.41, 5.74) is -1.17. The third kappa shape index (κ3) is 3.68. The zero-order valence-electron chi connectivity index (χ0n) is 14.4. The van der Waals surface area contributed by atoms with E-state index in [4.69, 9.17) is 11.6 Å². The molecule has 0 radical (unpaired) electrons. The summed E-state index contributed by atoms with van der Waals surface area (Å²) in [6.07, 6.45) is -2.07. The lowest BCUT2D eigenvalue weighted by Crippen LogP contribution is -2.47. The number of amides is 2. The van der Waals surface area contributed by atoms with Crippen molar-refractivity contribution in [2.24, 2.45) is 5.41 Å². The Hall–Kier alpha value is -1.76. The van der Waals surface area contributed by atoms with Crippen LogP contribution < -0.4 is 0 Å². The van der Waals surface area contributed by atoms with E-state index in [0.717, 1.165) is 37.9 Å². The molecule has 0 unspecified atom stereocenters. The summed E-state index contributed by atoms with van der Waals surface area (Å²) < 4.78 is 39.1. The Morgan fingerprint density at radius 3 is 2.46 bits per heavy atom. The molecule has 2 amide bonds. The standard InChI is InChI=1S/C18H20ClF3N2O2/c1-12(25)23-7-2-5-17(10-23)6-8-24(11-17)16(26)13-3-4-15(19)14(9-13)18(20,21)22/h3-4,9H,2,5-8,10-11H2,1H3/t17-/m1/s1. The van der Waals surface area contributed by atoms with E-state index in [1.807, 2.05) is 0 Å². The molecule has 2 heterocycles. The number of rotatable bonds is 1. The van der Waals surface area contributed by atoms with E-state index in [9.17, 15) is 22.8 Å². The summed E-state index contributed by atoms with van der Waals surface area (Å²) in [6.45, 7) is 3.79. The van der Waals surface area contributed by atoms with Gasteiger partial charge >= 0.3 is 6.18 Å². The Kier molecular flexibility index (Phi) is 4.94. The van der Waals surface area contributed by atoms with E-state index in [0.29, 0.717) is 19.6 Å². The van der Waals surface area contributed by atoms with Crippen LogP contribution in [0.2, 0.25) is 5.02 Å². The number of piperidine rings is 1. The molecule has 142 valence electrons. The molecule has 0 N–H and O–H groups in total. The number of alkyl halides is 3. The van der Waals surface area contributed by atoms with Crippen molar-refractivity contribution in [1.82, 2.24) is 9.80 Å². The van der Waals surface area contributed by atoms with Crippen LogP contribution in [0.25, 0.3) is 0 Å². The van der Waals surface area contributed by atoms with Crippen LogP contribution in [0, 0.1) is 5.41 Å². The minimum Gasteiger partial charge on any atom is -0.342 e. The molecule has 0 aromatic heterocycles. The van der Waals surface area contributed by atoms with Crippen molar-refractivity contribution >= 4 is 23.4 Å². The van der Waals surface area contributed by atoms with Crippen molar-refractivity contribution < 1.29 is 22.8 Å². The number of nitrogens with zero attached hydrogens (tertiary/aromatic N) is 2. The van der Waals surface area contributed by atoms with Gasteiger partial charge < -0.3 is 9.80 Å². The zero-order valence-corrected chi connectivity index (χ0v) is 15.2. The van der Waals surface area contributed by atoms with Gasteiger partial charge in [0.25, 0.3) is 5.91 Å². The molecule has 2 fully saturated rings. The number of likely N-dealkylation sites (tertiary alicyclic amines) is 2. The predicted molar refractivity (Wildman–Crippen MR) is 90.9 cm³/mol. The van der Waals surface area contributed by atoms with Gasteiger partial charge in [-0.25, -0.2) is 0 Å². The Labute approximate surface area is 154 Å². The topological polar surface area (TPSA) is 40.6 Å². The first-order chi connectivity index (χ1) is 12.1. The molecule has 2 saturated heterocycles. The Morgan fingerprint density at radius 1 is 1.12 bits per heavy atom. The summed E-state index contributed by atoms with van der Waals surface area (Å²) >= 11 is 5.63. The number of hydrogen-bond acceptors (Lipinski definition) is 2. The van der Waals surface area contributed by atoms with Crippen LogP contribution in [-0.4, -0.2) is 47.8 Å². The SMILES string of the molecule is CC(=O)N1CCC[C@@]2(CCN(C(=O)c3ccc(Cl)c(C(F)(F)F)c3)C2)C1. The van der Waals surface area contributed by atoms with Crippen molar-refractivity contribution in [2.75, 3.05) is 26.2 Å². The van der Waals surface area contributed by atoms with Crippen molar-refractivity contribution in [1.29, 1.82) is 0 Å². The van der Waals surface area contributed by atoms with Gasteiger partial charge in [-0.2, -0.15) is 13.2 Å². The number of benzene rings is 1. The monoisotopic (exact) mass is 388 g/mol. The van der Waals surface area contributed by atoms with E-state index in [1.54, 1.807) is 9.80 Å². The van der Waals surface area contributed by atoms with Gasteiger partial charge in [0.15, 0.2) is 0 Å². The van der Waals surface area contributed by atoms with E-state index >= 15 is 0 Å². The third-order valence-corrected chi connectivity index (χ3v) is 5.68. The van der Waals surface area contributed by atoms with Crippen LogP contribution in [0.5, 0.6) is 0 Å². The van der Waals surface area contributed by atoms with Crippen LogP contribution in [0.4, 0.5) is 13.2 Å². The van der Waals surface area contributed by atoms with Gasteiger partial charge in [0.05, 0.1) is 10.6 Å². The highest BCUT2D eigenvalue weighted by molar-refractivity contribution is 6.31. The molecular formula is C18H20ClF3N2O2. The molecule has 0 bridgehead atoms. The molecule has 3 rings (SSSR count). The van der Waals surface area contributed by atoms with Gasteiger partial charge in [0.2, 0.25) is 5.91 Å². The summed E-state index contributed by atoms with van der Waals surface area (Å²) in [6, 6.07) is 3.26. The second-order valence-corrected chi connectivity index (χ2v) is 7.62. The molecule has 2 aliphatic rings. The molecule has 0 aliphatic carbocycles. The second kappa shape index (κ2) is 6.76. The van der Waals surface area contributed by atoms with Crippen LogP contribution in [-0.2, 0) is 11.0 Å². The predicted octanol–water partition coefficient (Wildman–Crippen LogP) is 3.83. The van der Waals surface area contributed by atoms with Gasteiger partial charge in [0.1, 0.15) is 0 Å². The second-order valence-electron chi connectivity index (χ2n) is 7.21. The lowest BCUT2D eigenvalue weighted by atomic mass is 9.79. The fourth-order valence-corrected chi connectivity index (χ4v) is 4.20. The van der Waals surface area contributed by atoms with Crippen molar-refractivity contribution in [3.05, 3.63) is 34.3 Å². The van der Waals surface area contributed by atoms with Gasteiger partial charge in [-0.05, 0) is 37.5 Å². The molecule has 1 aromatic rings. The van der Waals surface area contributed by atoms with Crippen molar-refractivity contribution in [3.8, 4) is 0 Å². The average Bonchev–Trinajstić information content (AvgIpc) is 2.97. The summed E-state index contributed by atoms with van der Waals surface area (Å²) in [7, 11) is 0. The molecule has 2 aliphatic heterocycles. The van der Waals surface area contributed by atoms with Gasteiger partial charge in [0, 0.05) is 44.1 Å². The fraction of sp³-hybridized carbons (Fsp3) is 0.556. The maximum absolute atomic E-state index is 13.0. The normalized spacial score (nSPS) is 23.6. The molecule has 1 aromatic carbocycles. The number of carbonyl (C=O) groups is 2.